The number of amides is 3. The summed E-state index contributed by atoms with van der Waals surface area (Å²) in [7, 11) is -2.20. The van der Waals surface area contributed by atoms with Crippen molar-refractivity contribution in [2.24, 2.45) is 5.92 Å². The highest BCUT2D eigenvalue weighted by Gasteiger charge is 2.34. The molecule has 3 amide bonds. The van der Waals surface area contributed by atoms with Gasteiger partial charge >= 0.3 is 6.03 Å². The van der Waals surface area contributed by atoms with Crippen molar-refractivity contribution in [2.45, 2.75) is 30.2 Å². The van der Waals surface area contributed by atoms with Crippen LogP contribution >= 0.6 is 11.3 Å². The van der Waals surface area contributed by atoms with Gasteiger partial charge in [0, 0.05) is 37.0 Å². The van der Waals surface area contributed by atoms with E-state index in [0.717, 1.165) is 11.3 Å². The molecule has 12 nitrogen and oxygen atoms in total. The summed E-state index contributed by atoms with van der Waals surface area (Å²) in [5.41, 5.74) is 0.881. The minimum absolute atomic E-state index is 0.126. The zero-order valence-corrected chi connectivity index (χ0v) is 24.9. The van der Waals surface area contributed by atoms with Gasteiger partial charge in [-0.05, 0) is 48.7 Å². The van der Waals surface area contributed by atoms with Crippen LogP contribution in [-0.2, 0) is 10.0 Å². The zero-order valence-electron chi connectivity index (χ0n) is 23.3. The molecule has 224 valence electrons. The number of hydrogen-bond donors (Lipinski definition) is 3. The van der Waals surface area contributed by atoms with E-state index in [2.05, 4.69) is 10.0 Å². The number of fused-ring (bicyclic) bond motifs is 2. The van der Waals surface area contributed by atoms with Crippen molar-refractivity contribution in [2.75, 3.05) is 43.6 Å². The fourth-order valence-electron chi connectivity index (χ4n) is 4.67. The lowest BCUT2D eigenvalue weighted by molar-refractivity contribution is 0.0371. The van der Waals surface area contributed by atoms with E-state index in [4.69, 9.17) is 14.2 Å². The molecule has 0 aliphatic carbocycles. The highest BCUT2D eigenvalue weighted by atomic mass is 32.2. The van der Waals surface area contributed by atoms with Crippen LogP contribution in [0.25, 0.3) is 0 Å². The van der Waals surface area contributed by atoms with Crippen molar-refractivity contribution < 1.29 is 37.3 Å². The molecule has 5 rings (SSSR count). The van der Waals surface area contributed by atoms with Crippen LogP contribution in [0.4, 0.5) is 16.2 Å². The molecule has 2 aliphatic heterocycles. The SMILES string of the molecule is C[C@@H]1CN([C@@H](C)CO)C(=O)c2cc(NS(=O)(=O)c3cccs3)ccc2O[C@@H]1CN(C)C(=O)Nc1ccc2c(c1)OCO2. The number of benzene rings is 2. The summed E-state index contributed by atoms with van der Waals surface area (Å²) in [5.74, 6) is 0.770. The number of carbonyl (C=O) groups excluding carboxylic acids is 2. The van der Waals surface area contributed by atoms with Gasteiger partial charge < -0.3 is 34.4 Å². The first-order chi connectivity index (χ1) is 20.1. The van der Waals surface area contributed by atoms with E-state index < -0.39 is 28.1 Å². The van der Waals surface area contributed by atoms with Crippen LogP contribution in [0, 0.1) is 5.92 Å². The number of aliphatic hydroxyl groups is 1. The van der Waals surface area contributed by atoms with Crippen LogP contribution < -0.4 is 24.2 Å². The first kappa shape index (κ1) is 29.5. The molecule has 1 aromatic heterocycles. The number of likely N-dealkylation sites (N-methyl/N-ethyl adjacent to an activating group) is 1. The Morgan fingerprint density at radius 1 is 1.14 bits per heavy atom. The number of nitrogens with zero attached hydrogens (tertiary/aromatic N) is 2. The molecule has 0 fully saturated rings. The van der Waals surface area contributed by atoms with Crippen LogP contribution in [0.3, 0.4) is 0 Å². The largest absolute Gasteiger partial charge is 0.487 e. The Balaban J connectivity index is 1.38. The van der Waals surface area contributed by atoms with E-state index in [1.165, 1.54) is 23.1 Å². The molecule has 3 aromatic rings. The second kappa shape index (κ2) is 12.1. The Hall–Kier alpha value is -4.01. The maximum atomic E-state index is 13.7. The number of aliphatic hydroxyl groups excluding tert-OH is 1. The zero-order chi connectivity index (χ0) is 30.0. The Morgan fingerprint density at radius 2 is 1.88 bits per heavy atom. The van der Waals surface area contributed by atoms with Gasteiger partial charge in [-0.15, -0.1) is 11.3 Å². The van der Waals surface area contributed by atoms with Crippen molar-refractivity contribution in [3.05, 3.63) is 59.5 Å². The van der Waals surface area contributed by atoms with Gasteiger partial charge in [-0.25, -0.2) is 13.2 Å². The molecule has 3 N–H and O–H groups in total. The number of nitrogens with one attached hydrogen (secondary N) is 2. The Kier molecular flexibility index (Phi) is 8.48. The summed E-state index contributed by atoms with van der Waals surface area (Å²) in [6.45, 7) is 3.93. The maximum Gasteiger partial charge on any atom is 0.321 e. The number of thiophene rings is 1. The van der Waals surface area contributed by atoms with Gasteiger partial charge in [0.1, 0.15) is 16.1 Å². The summed E-state index contributed by atoms with van der Waals surface area (Å²) in [4.78, 5) is 29.8. The van der Waals surface area contributed by atoms with Gasteiger partial charge in [-0.3, -0.25) is 9.52 Å². The van der Waals surface area contributed by atoms with Crippen LogP contribution in [-0.4, -0.2) is 80.9 Å². The molecule has 0 saturated carbocycles. The summed E-state index contributed by atoms with van der Waals surface area (Å²) in [6.07, 6.45) is -0.536. The van der Waals surface area contributed by atoms with Crippen LogP contribution in [0.2, 0.25) is 0 Å². The highest BCUT2D eigenvalue weighted by Crippen LogP contribution is 2.35. The molecule has 0 bridgehead atoms. The Bertz CT molecular complexity index is 1560. The average molecular weight is 617 g/mol. The summed E-state index contributed by atoms with van der Waals surface area (Å²) in [5, 5.41) is 14.4. The number of carbonyl (C=O) groups is 2. The smallest absolute Gasteiger partial charge is 0.321 e. The third kappa shape index (κ3) is 6.25. The molecular formula is C28H32N4O8S2. The fraction of sp³-hybridized carbons (Fsp3) is 0.357. The van der Waals surface area contributed by atoms with Gasteiger partial charge in [-0.2, -0.15) is 0 Å². The van der Waals surface area contributed by atoms with Gasteiger partial charge in [0.25, 0.3) is 15.9 Å². The van der Waals surface area contributed by atoms with Gasteiger partial charge in [0.15, 0.2) is 11.5 Å². The quantitative estimate of drug-likeness (QED) is 0.348. The Morgan fingerprint density at radius 3 is 2.62 bits per heavy atom. The second-order valence-electron chi connectivity index (χ2n) is 10.2. The number of anilines is 2. The number of urea groups is 1. The minimum atomic E-state index is -3.84. The first-order valence-corrected chi connectivity index (χ1v) is 15.6. The summed E-state index contributed by atoms with van der Waals surface area (Å²) < 4.78 is 45.3. The number of hydrogen-bond acceptors (Lipinski definition) is 9. The van der Waals surface area contributed by atoms with Crippen molar-refractivity contribution in [1.82, 2.24) is 9.80 Å². The molecule has 14 heteroatoms. The standard InChI is InChI=1S/C28H32N4O8S2/c1-17-13-32(18(2)15-33)27(34)21-11-20(30-42(36,37)26-5-4-10-41-26)7-8-22(21)40-25(17)14-31(3)28(35)29-19-6-9-23-24(12-19)39-16-38-23/h4-12,17-18,25,30,33H,13-16H2,1-3H3,(H,29,35)/t17-,18+,25-/m1/s1. The highest BCUT2D eigenvalue weighted by molar-refractivity contribution is 7.94. The van der Waals surface area contributed by atoms with E-state index in [1.54, 1.807) is 54.6 Å². The topological polar surface area (TPSA) is 147 Å². The maximum absolute atomic E-state index is 13.7. The van der Waals surface area contributed by atoms with Gasteiger partial charge in [0.2, 0.25) is 6.79 Å². The van der Waals surface area contributed by atoms with Gasteiger partial charge in [0.05, 0.1) is 24.8 Å². The molecule has 2 aromatic carbocycles. The fourth-order valence-corrected chi connectivity index (χ4v) is 6.71. The molecule has 0 saturated heterocycles. The van der Waals surface area contributed by atoms with Crippen molar-refractivity contribution in [3.8, 4) is 17.2 Å². The predicted octanol–water partition coefficient (Wildman–Crippen LogP) is 3.66. The minimum Gasteiger partial charge on any atom is -0.487 e. The van der Waals surface area contributed by atoms with E-state index >= 15 is 0 Å². The van der Waals surface area contributed by atoms with E-state index in [9.17, 15) is 23.1 Å². The van der Waals surface area contributed by atoms with Crippen molar-refractivity contribution in [1.29, 1.82) is 0 Å². The predicted molar refractivity (Wildman–Crippen MR) is 157 cm³/mol. The lowest BCUT2D eigenvalue weighted by Gasteiger charge is -2.38. The molecule has 3 heterocycles. The molecule has 0 radical (unpaired) electrons. The Labute approximate surface area is 247 Å². The first-order valence-electron chi connectivity index (χ1n) is 13.3. The molecular weight excluding hydrogens is 584 g/mol. The lowest BCUT2D eigenvalue weighted by atomic mass is 9.99. The van der Waals surface area contributed by atoms with Crippen LogP contribution in [0.5, 0.6) is 17.2 Å². The summed E-state index contributed by atoms with van der Waals surface area (Å²) >= 11 is 1.08. The second-order valence-corrected chi connectivity index (χ2v) is 13.1. The third-order valence-electron chi connectivity index (χ3n) is 7.10. The van der Waals surface area contributed by atoms with Gasteiger partial charge in [-0.1, -0.05) is 13.0 Å². The van der Waals surface area contributed by atoms with Crippen LogP contribution in [0.1, 0.15) is 24.2 Å². The number of sulfonamides is 1. The van der Waals surface area contributed by atoms with E-state index in [0.29, 0.717) is 17.2 Å². The molecule has 3 atom stereocenters. The summed E-state index contributed by atoms with van der Waals surface area (Å²) in [6, 6.07) is 11.9. The normalized spacial score (nSPS) is 18.8. The average Bonchev–Trinajstić information content (AvgIpc) is 3.67. The van der Waals surface area contributed by atoms with Crippen LogP contribution in [0.15, 0.2) is 58.1 Å². The molecule has 42 heavy (non-hydrogen) atoms. The van der Waals surface area contributed by atoms with Crippen molar-refractivity contribution >= 4 is 44.7 Å². The van der Waals surface area contributed by atoms with E-state index in [1.807, 2.05) is 6.92 Å². The van der Waals surface area contributed by atoms with E-state index in [-0.39, 0.29) is 59.6 Å². The third-order valence-corrected chi connectivity index (χ3v) is 9.88. The molecule has 0 spiro atoms. The number of ether oxygens (including phenoxy) is 3. The molecule has 0 unspecified atom stereocenters. The lowest BCUT2D eigenvalue weighted by Crippen LogP contribution is -2.50. The molecule has 2 aliphatic rings. The monoisotopic (exact) mass is 616 g/mol. The van der Waals surface area contributed by atoms with Crippen molar-refractivity contribution in [3.63, 3.8) is 0 Å². The number of rotatable bonds is 8.